The molecule has 2 heterocycles. The molecule has 0 saturated carbocycles. The van der Waals surface area contributed by atoms with E-state index in [1.165, 1.54) is 11.8 Å². The molecule has 3 aromatic rings. The molecular weight excluding hydrogens is 310 g/mol. The van der Waals surface area contributed by atoms with Crippen molar-refractivity contribution in [2.45, 2.75) is 26.2 Å². The van der Waals surface area contributed by atoms with E-state index in [1.807, 2.05) is 12.1 Å². The molecule has 4 heteroatoms. The predicted octanol–water partition coefficient (Wildman–Crippen LogP) is 4.69. The minimum Gasteiger partial charge on any atom is -0.307 e. The minimum atomic E-state index is -0.219. The summed E-state index contributed by atoms with van der Waals surface area (Å²) in [5, 5.41) is 2.78. The smallest absolute Gasteiger partial charge is 0.258 e. The Labute approximate surface area is 148 Å². The number of carbonyl (C=O) groups excluding carboxylic acids is 1. The number of nitrogens with zero attached hydrogens (tertiary/aromatic N) is 2. The van der Waals surface area contributed by atoms with Crippen LogP contribution < -0.4 is 5.32 Å². The Kier molecular flexibility index (Phi) is 4.61. The zero-order valence-electron chi connectivity index (χ0n) is 14.7. The number of hydrogen-bond donors (Lipinski definition) is 1. The average molecular weight is 331 g/mol. The van der Waals surface area contributed by atoms with Crippen molar-refractivity contribution in [1.29, 1.82) is 0 Å². The summed E-state index contributed by atoms with van der Waals surface area (Å²) >= 11 is 0. The second-order valence-corrected chi connectivity index (χ2v) is 6.96. The van der Waals surface area contributed by atoms with Gasteiger partial charge in [-0.15, -0.1) is 0 Å². The molecule has 0 aliphatic carbocycles. The van der Waals surface area contributed by atoms with Gasteiger partial charge in [-0.3, -0.25) is 9.78 Å². The molecule has 0 bridgehead atoms. The van der Waals surface area contributed by atoms with Crippen molar-refractivity contribution in [1.82, 2.24) is 9.97 Å². The Bertz CT molecular complexity index is 866. The Morgan fingerprint density at radius 1 is 0.960 bits per heavy atom. The Morgan fingerprint density at radius 3 is 2.44 bits per heavy atom. The quantitative estimate of drug-likeness (QED) is 0.757. The number of pyridine rings is 2. The van der Waals surface area contributed by atoms with Crippen LogP contribution in [-0.2, 0) is 5.41 Å². The molecule has 25 heavy (non-hydrogen) atoms. The third kappa shape index (κ3) is 4.10. The maximum atomic E-state index is 12.1. The molecule has 1 N–H and O–H groups in total. The number of anilines is 1. The second-order valence-electron chi connectivity index (χ2n) is 6.96. The monoisotopic (exact) mass is 331 g/mol. The molecule has 1 aromatic carbocycles. The van der Waals surface area contributed by atoms with Gasteiger partial charge in [-0.25, -0.2) is 4.98 Å². The van der Waals surface area contributed by atoms with Gasteiger partial charge in [0, 0.05) is 24.2 Å². The number of aromatic nitrogens is 2. The number of rotatable bonds is 3. The Hall–Kier alpha value is -3.01. The maximum Gasteiger partial charge on any atom is 0.258 e. The topological polar surface area (TPSA) is 54.9 Å². The average Bonchev–Trinajstić information content (AvgIpc) is 2.62. The maximum absolute atomic E-state index is 12.1. The fraction of sp³-hybridized carbons (Fsp3) is 0.190. The summed E-state index contributed by atoms with van der Waals surface area (Å²) in [4.78, 5) is 20.4. The van der Waals surface area contributed by atoms with Crippen molar-refractivity contribution in [3.8, 4) is 11.1 Å². The number of amides is 1. The van der Waals surface area contributed by atoms with Gasteiger partial charge in [0.2, 0.25) is 0 Å². The van der Waals surface area contributed by atoms with Crippen LogP contribution in [0.15, 0.2) is 67.1 Å². The van der Waals surface area contributed by atoms with Crippen LogP contribution in [0.5, 0.6) is 0 Å². The Balaban J connectivity index is 1.78. The summed E-state index contributed by atoms with van der Waals surface area (Å²) in [6.45, 7) is 6.59. The van der Waals surface area contributed by atoms with Gasteiger partial charge in [0.25, 0.3) is 5.91 Å². The summed E-state index contributed by atoms with van der Waals surface area (Å²) in [7, 11) is 0. The van der Waals surface area contributed by atoms with Gasteiger partial charge >= 0.3 is 0 Å². The van der Waals surface area contributed by atoms with Crippen LogP contribution in [0.25, 0.3) is 11.1 Å². The Morgan fingerprint density at radius 2 is 1.80 bits per heavy atom. The minimum absolute atomic E-state index is 0.0983. The highest BCUT2D eigenvalue weighted by Gasteiger charge is 2.14. The molecule has 0 fully saturated rings. The summed E-state index contributed by atoms with van der Waals surface area (Å²) in [5.74, 6) is 0.299. The molecule has 3 rings (SSSR count). The number of nitrogens with one attached hydrogen (secondary N) is 1. The molecule has 4 nitrogen and oxygen atoms in total. The number of carbonyl (C=O) groups is 1. The standard InChI is InChI=1S/C21H21N3O/c1-21(2,3)18-8-4-6-15(12-18)16-9-10-19(23-14-16)24-20(25)17-7-5-11-22-13-17/h4-14H,1-3H3,(H,23,24,25). The van der Waals surface area contributed by atoms with Gasteiger partial charge in [0.15, 0.2) is 0 Å². The molecule has 1 amide bonds. The van der Waals surface area contributed by atoms with Crippen LogP contribution in [0.3, 0.4) is 0 Å². The molecule has 0 unspecified atom stereocenters. The van der Waals surface area contributed by atoms with E-state index in [0.717, 1.165) is 11.1 Å². The van der Waals surface area contributed by atoms with Crippen LogP contribution in [0.4, 0.5) is 5.82 Å². The van der Waals surface area contributed by atoms with Crippen molar-refractivity contribution >= 4 is 11.7 Å². The third-order valence-electron chi connectivity index (χ3n) is 3.99. The van der Waals surface area contributed by atoms with Gasteiger partial charge in [-0.2, -0.15) is 0 Å². The molecule has 0 atom stereocenters. The molecule has 126 valence electrons. The van der Waals surface area contributed by atoms with Gasteiger partial charge in [-0.1, -0.05) is 45.0 Å². The van der Waals surface area contributed by atoms with E-state index in [1.54, 1.807) is 24.5 Å². The van der Waals surface area contributed by atoms with Crippen LogP contribution in [-0.4, -0.2) is 15.9 Å². The van der Waals surface area contributed by atoms with Crippen LogP contribution in [0.2, 0.25) is 0 Å². The van der Waals surface area contributed by atoms with Crippen LogP contribution in [0.1, 0.15) is 36.7 Å². The van der Waals surface area contributed by atoms with E-state index in [-0.39, 0.29) is 11.3 Å². The van der Waals surface area contributed by atoms with Crippen molar-refractivity contribution in [2.75, 3.05) is 5.32 Å². The zero-order chi connectivity index (χ0) is 17.9. The highest BCUT2D eigenvalue weighted by atomic mass is 16.1. The van der Waals surface area contributed by atoms with Crippen molar-refractivity contribution in [2.24, 2.45) is 0 Å². The summed E-state index contributed by atoms with van der Waals surface area (Å²) in [6, 6.07) is 15.7. The number of benzene rings is 1. The first-order valence-electron chi connectivity index (χ1n) is 8.22. The lowest BCUT2D eigenvalue weighted by Crippen LogP contribution is -2.13. The molecule has 0 radical (unpaired) electrons. The molecule has 0 saturated heterocycles. The summed E-state index contributed by atoms with van der Waals surface area (Å²) in [5.41, 5.74) is 4.02. The first-order valence-corrected chi connectivity index (χ1v) is 8.22. The van der Waals surface area contributed by atoms with Crippen LogP contribution >= 0.6 is 0 Å². The van der Waals surface area contributed by atoms with Crippen LogP contribution in [0, 0.1) is 0 Å². The predicted molar refractivity (Wildman–Crippen MR) is 101 cm³/mol. The largest absolute Gasteiger partial charge is 0.307 e. The van der Waals surface area contributed by atoms with E-state index in [2.05, 4.69) is 60.3 Å². The molecular formula is C21H21N3O. The van der Waals surface area contributed by atoms with Gasteiger partial charge in [0.1, 0.15) is 5.82 Å². The highest BCUT2D eigenvalue weighted by molar-refractivity contribution is 6.03. The van der Waals surface area contributed by atoms with E-state index in [4.69, 9.17) is 0 Å². The lowest BCUT2D eigenvalue weighted by Gasteiger charge is -2.19. The van der Waals surface area contributed by atoms with Crippen molar-refractivity contribution in [3.63, 3.8) is 0 Å². The lowest BCUT2D eigenvalue weighted by atomic mass is 9.85. The van der Waals surface area contributed by atoms with Gasteiger partial charge in [0.05, 0.1) is 5.56 Å². The normalized spacial score (nSPS) is 11.2. The molecule has 0 spiro atoms. The molecule has 0 aliphatic rings. The SMILES string of the molecule is CC(C)(C)c1cccc(-c2ccc(NC(=O)c3cccnc3)nc2)c1. The first-order chi connectivity index (χ1) is 11.9. The zero-order valence-corrected chi connectivity index (χ0v) is 14.7. The summed E-state index contributed by atoms with van der Waals surface area (Å²) in [6.07, 6.45) is 4.94. The first kappa shape index (κ1) is 16.8. The highest BCUT2D eigenvalue weighted by Crippen LogP contribution is 2.27. The van der Waals surface area contributed by atoms with E-state index in [9.17, 15) is 4.79 Å². The second kappa shape index (κ2) is 6.85. The van der Waals surface area contributed by atoms with E-state index in [0.29, 0.717) is 11.4 Å². The summed E-state index contributed by atoms with van der Waals surface area (Å²) < 4.78 is 0. The fourth-order valence-electron chi connectivity index (χ4n) is 2.49. The van der Waals surface area contributed by atoms with E-state index >= 15 is 0 Å². The molecule has 2 aromatic heterocycles. The van der Waals surface area contributed by atoms with Gasteiger partial charge in [-0.05, 0) is 40.8 Å². The lowest BCUT2D eigenvalue weighted by molar-refractivity contribution is 0.102. The van der Waals surface area contributed by atoms with E-state index < -0.39 is 0 Å². The van der Waals surface area contributed by atoms with Crippen molar-refractivity contribution < 1.29 is 4.79 Å². The van der Waals surface area contributed by atoms with Crippen molar-refractivity contribution in [3.05, 3.63) is 78.2 Å². The fourth-order valence-corrected chi connectivity index (χ4v) is 2.49. The number of hydrogen-bond acceptors (Lipinski definition) is 3. The third-order valence-corrected chi connectivity index (χ3v) is 3.99. The molecule has 0 aliphatic heterocycles. The van der Waals surface area contributed by atoms with Gasteiger partial charge < -0.3 is 5.32 Å².